The number of benzene rings is 1. The molecule has 2 fully saturated rings. The van der Waals surface area contributed by atoms with Crippen molar-refractivity contribution in [2.45, 2.75) is 30.0 Å². The summed E-state index contributed by atoms with van der Waals surface area (Å²) >= 11 is 0. The first kappa shape index (κ1) is 21.9. The van der Waals surface area contributed by atoms with E-state index in [2.05, 4.69) is 5.32 Å². The van der Waals surface area contributed by atoms with E-state index in [-0.39, 0.29) is 48.9 Å². The first-order chi connectivity index (χ1) is 12.2. The summed E-state index contributed by atoms with van der Waals surface area (Å²) in [4.78, 5) is 13.3. The number of nitrogens with zero attached hydrogens (tertiary/aromatic N) is 2. The molecule has 0 bridgehead atoms. The summed E-state index contributed by atoms with van der Waals surface area (Å²) in [5.74, 6) is -0.0837. The second-order valence-corrected chi connectivity index (χ2v) is 8.39. The van der Waals surface area contributed by atoms with Crippen molar-refractivity contribution in [2.75, 3.05) is 32.7 Å². The van der Waals surface area contributed by atoms with E-state index < -0.39 is 21.8 Å². The van der Waals surface area contributed by atoms with Crippen LogP contribution in [0.1, 0.15) is 18.4 Å². The molecule has 6 nitrogen and oxygen atoms in total. The number of alkyl halides is 3. The van der Waals surface area contributed by atoms with E-state index in [1.54, 1.807) is 4.90 Å². The largest absolute Gasteiger partial charge is 0.416 e. The summed E-state index contributed by atoms with van der Waals surface area (Å²) in [6.45, 7) is 1.69. The number of amides is 1. The predicted molar refractivity (Wildman–Crippen MR) is 95.1 cm³/mol. The zero-order valence-corrected chi connectivity index (χ0v) is 16.0. The van der Waals surface area contributed by atoms with Crippen molar-refractivity contribution in [3.8, 4) is 0 Å². The van der Waals surface area contributed by atoms with Gasteiger partial charge in [-0.1, -0.05) is 6.07 Å². The third kappa shape index (κ3) is 4.74. The van der Waals surface area contributed by atoms with Gasteiger partial charge in [-0.15, -0.1) is 12.4 Å². The number of halogens is 4. The third-order valence-electron chi connectivity index (χ3n) is 4.73. The lowest BCUT2D eigenvalue weighted by atomic mass is 10.1. The van der Waals surface area contributed by atoms with Crippen LogP contribution in [-0.2, 0) is 21.0 Å². The van der Waals surface area contributed by atoms with E-state index in [1.165, 1.54) is 10.4 Å². The number of piperazine rings is 1. The molecule has 2 saturated heterocycles. The number of carbonyl (C=O) groups excluding carboxylic acids is 1. The number of carbonyl (C=O) groups is 1. The zero-order valence-electron chi connectivity index (χ0n) is 14.4. The predicted octanol–water partition coefficient (Wildman–Crippen LogP) is 1.71. The second-order valence-electron chi connectivity index (χ2n) is 6.45. The van der Waals surface area contributed by atoms with Gasteiger partial charge in [0.1, 0.15) is 0 Å². The van der Waals surface area contributed by atoms with Gasteiger partial charge in [0.2, 0.25) is 15.9 Å². The molecule has 1 N–H and O–H groups in total. The molecule has 1 unspecified atom stereocenters. The molecule has 1 aromatic rings. The first-order valence-corrected chi connectivity index (χ1v) is 9.81. The summed E-state index contributed by atoms with van der Waals surface area (Å²) < 4.78 is 65.5. The van der Waals surface area contributed by atoms with Crippen LogP contribution in [0.4, 0.5) is 13.2 Å². The average Bonchev–Trinajstić information content (AvgIpc) is 2.61. The van der Waals surface area contributed by atoms with Crippen molar-refractivity contribution in [1.29, 1.82) is 0 Å². The summed E-state index contributed by atoms with van der Waals surface area (Å²) in [5.41, 5.74) is -0.996. The van der Waals surface area contributed by atoms with Crippen LogP contribution in [0.2, 0.25) is 0 Å². The van der Waals surface area contributed by atoms with Gasteiger partial charge < -0.3 is 10.2 Å². The Kier molecular flexibility index (Phi) is 6.77. The number of sulfonamides is 1. The molecular weight excluding hydrogens is 407 g/mol. The molecule has 1 atom stereocenters. The lowest BCUT2D eigenvalue weighted by molar-refractivity contribution is -0.138. The van der Waals surface area contributed by atoms with E-state index in [1.807, 2.05) is 0 Å². The van der Waals surface area contributed by atoms with Crippen molar-refractivity contribution in [1.82, 2.24) is 14.5 Å². The Morgan fingerprint density at radius 3 is 2.59 bits per heavy atom. The maximum atomic E-state index is 12.9. The molecular formula is C16H21ClF3N3O3S. The van der Waals surface area contributed by atoms with Crippen molar-refractivity contribution in [2.24, 2.45) is 0 Å². The van der Waals surface area contributed by atoms with Crippen molar-refractivity contribution >= 4 is 28.3 Å². The minimum atomic E-state index is -4.61. The van der Waals surface area contributed by atoms with E-state index >= 15 is 0 Å². The molecule has 1 aromatic carbocycles. The van der Waals surface area contributed by atoms with E-state index in [0.29, 0.717) is 32.0 Å². The van der Waals surface area contributed by atoms with Gasteiger partial charge in [0.15, 0.2) is 0 Å². The fraction of sp³-hybridized carbons (Fsp3) is 0.562. The molecule has 27 heavy (non-hydrogen) atoms. The van der Waals surface area contributed by atoms with Gasteiger partial charge in [-0.2, -0.15) is 17.5 Å². The third-order valence-corrected chi connectivity index (χ3v) is 6.59. The van der Waals surface area contributed by atoms with E-state index in [4.69, 9.17) is 0 Å². The molecule has 0 aliphatic carbocycles. The van der Waals surface area contributed by atoms with Gasteiger partial charge in [0.25, 0.3) is 0 Å². The van der Waals surface area contributed by atoms with Gasteiger partial charge in [-0.25, -0.2) is 8.42 Å². The summed E-state index contributed by atoms with van der Waals surface area (Å²) in [6, 6.07) is 3.52. The highest BCUT2D eigenvalue weighted by atomic mass is 35.5. The first-order valence-electron chi connectivity index (χ1n) is 8.37. The zero-order chi connectivity index (χ0) is 18.9. The molecule has 0 spiro atoms. The maximum absolute atomic E-state index is 12.9. The summed E-state index contributed by atoms with van der Waals surface area (Å²) in [6.07, 6.45) is -3.37. The van der Waals surface area contributed by atoms with Gasteiger partial charge in [-0.3, -0.25) is 4.79 Å². The number of nitrogens with one attached hydrogen (secondary N) is 1. The Morgan fingerprint density at radius 2 is 1.93 bits per heavy atom. The van der Waals surface area contributed by atoms with Crippen molar-refractivity contribution in [3.05, 3.63) is 29.8 Å². The van der Waals surface area contributed by atoms with Gasteiger partial charge in [0, 0.05) is 32.2 Å². The van der Waals surface area contributed by atoms with Crippen LogP contribution < -0.4 is 5.32 Å². The monoisotopic (exact) mass is 427 g/mol. The highest BCUT2D eigenvalue weighted by molar-refractivity contribution is 7.89. The smallest absolute Gasteiger partial charge is 0.336 e. The van der Waals surface area contributed by atoms with Gasteiger partial charge in [-0.05, 0) is 31.0 Å². The Bertz CT molecular complexity index is 789. The Balaban J connectivity index is 0.00000261. The topological polar surface area (TPSA) is 69.7 Å². The van der Waals surface area contributed by atoms with E-state index in [9.17, 15) is 26.4 Å². The number of hydrogen-bond donors (Lipinski definition) is 1. The number of piperidine rings is 1. The van der Waals surface area contributed by atoms with Crippen molar-refractivity contribution in [3.63, 3.8) is 0 Å². The lowest BCUT2D eigenvalue weighted by Gasteiger charge is -2.40. The lowest BCUT2D eigenvalue weighted by Crippen LogP contribution is -2.57. The van der Waals surface area contributed by atoms with Crippen LogP contribution in [0.25, 0.3) is 0 Å². The highest BCUT2D eigenvalue weighted by Crippen LogP contribution is 2.32. The highest BCUT2D eigenvalue weighted by Gasteiger charge is 2.37. The normalized spacial score (nSPS) is 22.4. The number of hydrogen-bond acceptors (Lipinski definition) is 4. The Hall–Kier alpha value is -1.36. The van der Waals surface area contributed by atoms with Crippen molar-refractivity contribution < 1.29 is 26.4 Å². The molecule has 1 amide bonds. The molecule has 152 valence electrons. The maximum Gasteiger partial charge on any atom is 0.416 e. The molecule has 0 radical (unpaired) electrons. The van der Waals surface area contributed by atoms with E-state index in [0.717, 1.165) is 12.1 Å². The standard InChI is InChI=1S/C16H20F3N3O3S.ClH/c17-16(18,19)12-3-1-5-14(9-12)26(24,25)21-7-2-4-13(11-21)22-8-6-20-10-15(22)23;/h1,3,5,9,13,20H,2,4,6-8,10-11H2;1H. The Morgan fingerprint density at radius 1 is 1.19 bits per heavy atom. The second kappa shape index (κ2) is 8.34. The number of rotatable bonds is 3. The summed E-state index contributed by atoms with van der Waals surface area (Å²) in [7, 11) is -4.05. The fourth-order valence-corrected chi connectivity index (χ4v) is 4.95. The van der Waals surface area contributed by atoms with Gasteiger partial charge in [0.05, 0.1) is 17.0 Å². The van der Waals surface area contributed by atoms with Crippen LogP contribution in [0.3, 0.4) is 0 Å². The Labute approximate surface area is 162 Å². The SMILES string of the molecule is Cl.O=C1CNCCN1C1CCCN(S(=O)(=O)c2cccc(C(F)(F)F)c2)C1. The van der Waals surface area contributed by atoms with Crippen LogP contribution in [0, 0.1) is 0 Å². The van der Waals surface area contributed by atoms with Crippen LogP contribution in [-0.4, -0.2) is 62.3 Å². The minimum absolute atomic E-state index is 0. The molecule has 0 aromatic heterocycles. The molecule has 2 heterocycles. The minimum Gasteiger partial charge on any atom is -0.336 e. The molecule has 2 aliphatic rings. The fourth-order valence-electron chi connectivity index (χ4n) is 3.38. The quantitative estimate of drug-likeness (QED) is 0.797. The molecule has 3 rings (SSSR count). The van der Waals surface area contributed by atoms with Gasteiger partial charge >= 0.3 is 6.18 Å². The van der Waals surface area contributed by atoms with Crippen LogP contribution >= 0.6 is 12.4 Å². The molecule has 2 aliphatic heterocycles. The summed E-state index contributed by atoms with van der Waals surface area (Å²) in [5, 5.41) is 2.96. The average molecular weight is 428 g/mol. The van der Waals surface area contributed by atoms with Crippen LogP contribution in [0.5, 0.6) is 0 Å². The molecule has 11 heteroatoms. The van der Waals surface area contributed by atoms with Crippen LogP contribution in [0.15, 0.2) is 29.2 Å². The molecule has 0 saturated carbocycles.